The molecule has 0 saturated carbocycles. The van der Waals surface area contributed by atoms with E-state index in [0.717, 1.165) is 5.56 Å². The van der Waals surface area contributed by atoms with Crippen LogP contribution in [-0.2, 0) is 22.4 Å². The summed E-state index contributed by atoms with van der Waals surface area (Å²) in [5, 5.41) is 0.618. The van der Waals surface area contributed by atoms with Crippen molar-refractivity contribution >= 4 is 11.0 Å². The first-order chi connectivity index (χ1) is 8.34. The first-order valence-electron chi connectivity index (χ1n) is 5.43. The summed E-state index contributed by atoms with van der Waals surface area (Å²) in [5.74, 6) is 0.606. The van der Waals surface area contributed by atoms with E-state index in [-0.39, 0.29) is 27.8 Å². The fraction of sp³-hybridized carbons (Fsp3) is 0. The molecule has 0 amide bonds. The molecule has 2 aromatic carbocycles. The molecule has 3 aromatic rings. The van der Waals surface area contributed by atoms with Gasteiger partial charge in [-0.3, -0.25) is 4.79 Å². The zero-order valence-corrected chi connectivity index (χ0v) is 10.9. The molecule has 3 heteroatoms. The largest absolute Gasteiger partial charge is 0.456 e. The predicted molar refractivity (Wildman–Crippen MR) is 67.9 cm³/mol. The van der Waals surface area contributed by atoms with Gasteiger partial charge in [-0.05, 0) is 12.1 Å². The van der Waals surface area contributed by atoms with Gasteiger partial charge in [-0.25, -0.2) is 0 Å². The van der Waals surface area contributed by atoms with Gasteiger partial charge in [0.25, 0.3) is 0 Å². The molecule has 2 nitrogen and oxygen atoms in total. The summed E-state index contributed by atoms with van der Waals surface area (Å²) in [4.78, 5) is 11.9. The maximum Gasteiger partial charge on any atom is 0.193 e. The van der Waals surface area contributed by atoms with E-state index in [1.165, 1.54) is 6.07 Å². The maximum atomic E-state index is 11.9. The molecule has 0 aliphatic carbocycles. The van der Waals surface area contributed by atoms with Gasteiger partial charge in [0.05, 0.1) is 5.39 Å². The van der Waals surface area contributed by atoms with E-state index in [1.807, 2.05) is 48.5 Å². The molecule has 0 fully saturated rings. The van der Waals surface area contributed by atoms with Crippen LogP contribution in [0, 0.1) is 0 Å². The second kappa shape index (κ2) is 5.36. The summed E-state index contributed by atoms with van der Waals surface area (Å²) in [6, 6.07) is 18.4. The third-order valence-electron chi connectivity index (χ3n) is 2.69. The van der Waals surface area contributed by atoms with E-state index in [4.69, 9.17) is 4.42 Å². The topological polar surface area (TPSA) is 30.2 Å². The molecule has 0 N–H and O–H groups in total. The zero-order valence-electron chi connectivity index (χ0n) is 9.39. The Kier molecular flexibility index (Phi) is 3.82. The molecule has 93 valence electrons. The summed E-state index contributed by atoms with van der Waals surface area (Å²) in [7, 11) is 0. The summed E-state index contributed by atoms with van der Waals surface area (Å²) in [6.07, 6.45) is 0. The second-order valence-corrected chi connectivity index (χ2v) is 3.84. The smallest absolute Gasteiger partial charge is 0.193 e. The summed E-state index contributed by atoms with van der Waals surface area (Å²) < 4.78 is 5.73. The number of benzene rings is 2. The zero-order chi connectivity index (χ0) is 11.7. The van der Waals surface area contributed by atoms with E-state index in [1.54, 1.807) is 6.07 Å². The molecule has 0 aliphatic rings. The quantitative estimate of drug-likeness (QED) is 0.640. The van der Waals surface area contributed by atoms with Crippen LogP contribution in [0.4, 0.5) is 0 Å². The fourth-order valence-electron chi connectivity index (χ4n) is 1.85. The molecule has 0 spiro atoms. The molecule has 0 aliphatic heterocycles. The molecular weight excluding hydrogens is 320 g/mol. The summed E-state index contributed by atoms with van der Waals surface area (Å²) in [6.45, 7) is 0. The minimum absolute atomic E-state index is 0. The normalized spacial score (nSPS) is 10.0. The number of fused-ring (bicyclic) bond motifs is 1. The molecule has 0 bridgehead atoms. The monoisotopic (exact) mass is 329 g/mol. The van der Waals surface area contributed by atoms with Gasteiger partial charge in [0, 0.05) is 34.0 Å². The van der Waals surface area contributed by atoms with Gasteiger partial charge in [0.1, 0.15) is 11.3 Å². The minimum atomic E-state index is -0.00861. The molecule has 1 heterocycles. The first kappa shape index (κ1) is 12.8. The van der Waals surface area contributed by atoms with E-state index >= 15 is 0 Å². The molecule has 18 heavy (non-hydrogen) atoms. The standard InChI is InChI=1S/C15H10O2.Ag/c16-13-10-15(11-6-2-1-3-7-11)17-14-9-5-4-8-12(13)14;/h1-10H;. The summed E-state index contributed by atoms with van der Waals surface area (Å²) >= 11 is 0. The third-order valence-corrected chi connectivity index (χ3v) is 2.69. The van der Waals surface area contributed by atoms with E-state index < -0.39 is 0 Å². The van der Waals surface area contributed by atoms with E-state index in [0.29, 0.717) is 16.7 Å². The Bertz CT molecular complexity index is 717. The Morgan fingerprint density at radius 3 is 2.28 bits per heavy atom. The van der Waals surface area contributed by atoms with Crippen LogP contribution in [0.5, 0.6) is 0 Å². The summed E-state index contributed by atoms with van der Waals surface area (Å²) in [5.41, 5.74) is 1.53. The van der Waals surface area contributed by atoms with Gasteiger partial charge in [0.15, 0.2) is 5.43 Å². The van der Waals surface area contributed by atoms with Gasteiger partial charge < -0.3 is 4.42 Å². The van der Waals surface area contributed by atoms with Crippen molar-refractivity contribution in [1.82, 2.24) is 0 Å². The Morgan fingerprint density at radius 2 is 1.50 bits per heavy atom. The molecule has 3 rings (SSSR count). The van der Waals surface area contributed by atoms with Crippen LogP contribution in [0.15, 0.2) is 69.9 Å². The Hall–Kier alpha value is -1.61. The van der Waals surface area contributed by atoms with Crippen LogP contribution < -0.4 is 5.43 Å². The van der Waals surface area contributed by atoms with Crippen molar-refractivity contribution in [2.24, 2.45) is 0 Å². The average Bonchev–Trinajstić information content (AvgIpc) is 2.40. The van der Waals surface area contributed by atoms with Crippen LogP contribution in [0.1, 0.15) is 0 Å². The van der Waals surface area contributed by atoms with Gasteiger partial charge in [-0.1, -0.05) is 42.5 Å². The number of hydrogen-bond donors (Lipinski definition) is 0. The van der Waals surface area contributed by atoms with Crippen LogP contribution in [-0.4, -0.2) is 0 Å². The fourth-order valence-corrected chi connectivity index (χ4v) is 1.85. The number of para-hydroxylation sites is 1. The molecule has 1 aromatic heterocycles. The van der Waals surface area contributed by atoms with Gasteiger partial charge in [0.2, 0.25) is 0 Å². The van der Waals surface area contributed by atoms with Crippen LogP contribution >= 0.6 is 0 Å². The van der Waals surface area contributed by atoms with E-state index in [2.05, 4.69) is 0 Å². The Morgan fingerprint density at radius 1 is 0.833 bits per heavy atom. The molecule has 0 unspecified atom stereocenters. The van der Waals surface area contributed by atoms with E-state index in [9.17, 15) is 4.79 Å². The van der Waals surface area contributed by atoms with Crippen molar-refractivity contribution in [3.8, 4) is 11.3 Å². The Labute approximate surface area is 120 Å². The van der Waals surface area contributed by atoms with Crippen LogP contribution in [0.3, 0.4) is 0 Å². The molecule has 1 radical (unpaired) electrons. The van der Waals surface area contributed by atoms with Gasteiger partial charge >= 0.3 is 0 Å². The van der Waals surface area contributed by atoms with Crippen molar-refractivity contribution in [3.05, 3.63) is 70.9 Å². The second-order valence-electron chi connectivity index (χ2n) is 3.84. The van der Waals surface area contributed by atoms with Crippen molar-refractivity contribution in [1.29, 1.82) is 0 Å². The Balaban J connectivity index is 0.00000120. The van der Waals surface area contributed by atoms with Crippen LogP contribution in [0.2, 0.25) is 0 Å². The van der Waals surface area contributed by atoms with Crippen LogP contribution in [0.25, 0.3) is 22.3 Å². The van der Waals surface area contributed by atoms with Crippen molar-refractivity contribution < 1.29 is 26.8 Å². The average molecular weight is 330 g/mol. The first-order valence-corrected chi connectivity index (χ1v) is 5.43. The van der Waals surface area contributed by atoms with Gasteiger partial charge in [-0.15, -0.1) is 0 Å². The molecule has 0 saturated heterocycles. The number of rotatable bonds is 1. The predicted octanol–water partition coefficient (Wildman–Crippen LogP) is 3.46. The van der Waals surface area contributed by atoms with Crippen molar-refractivity contribution in [3.63, 3.8) is 0 Å². The molecule has 0 atom stereocenters. The number of hydrogen-bond acceptors (Lipinski definition) is 2. The SMILES string of the molecule is O=c1cc(-c2ccccc2)oc2ccccc12.[Ag]. The van der Waals surface area contributed by atoms with Gasteiger partial charge in [-0.2, -0.15) is 0 Å². The minimum Gasteiger partial charge on any atom is -0.456 e. The van der Waals surface area contributed by atoms with Crippen molar-refractivity contribution in [2.75, 3.05) is 0 Å². The maximum absolute atomic E-state index is 11.9. The molecular formula is C15H10AgO2. The van der Waals surface area contributed by atoms with Crippen molar-refractivity contribution in [2.45, 2.75) is 0 Å². The third kappa shape index (κ3) is 2.31.